The van der Waals surface area contributed by atoms with Crippen LogP contribution in [0.4, 0.5) is 17.6 Å². The summed E-state index contributed by atoms with van der Waals surface area (Å²) in [6, 6.07) is 16.1. The molecular formula is C28H22F4N2O2S. The Bertz CT molecular complexity index is 1340. The van der Waals surface area contributed by atoms with Gasteiger partial charge in [0.25, 0.3) is 5.91 Å². The van der Waals surface area contributed by atoms with E-state index < -0.39 is 28.2 Å². The number of carbonyl (C=O) groups is 1. The number of benzene rings is 3. The largest absolute Gasteiger partial charge is 0.490 e. The molecule has 3 aromatic carbocycles. The van der Waals surface area contributed by atoms with Crippen LogP contribution in [0.5, 0.6) is 5.75 Å². The highest BCUT2D eigenvalue weighted by Gasteiger charge is 2.44. The zero-order chi connectivity index (χ0) is 26.1. The van der Waals surface area contributed by atoms with E-state index >= 15 is 0 Å². The number of fused-ring (bicyclic) bond motifs is 2. The van der Waals surface area contributed by atoms with Gasteiger partial charge >= 0.3 is 0 Å². The second-order valence-electron chi connectivity index (χ2n) is 9.23. The molecule has 3 aromatic rings. The number of hydrogen-bond donors (Lipinski definition) is 0. The summed E-state index contributed by atoms with van der Waals surface area (Å²) in [6.45, 7) is 0. The van der Waals surface area contributed by atoms with E-state index in [4.69, 9.17) is 10.00 Å². The van der Waals surface area contributed by atoms with E-state index in [1.807, 2.05) is 11.0 Å². The Morgan fingerprint density at radius 2 is 1.62 bits per heavy atom. The number of amides is 1. The van der Waals surface area contributed by atoms with Crippen molar-refractivity contribution in [3.63, 3.8) is 0 Å². The fourth-order valence-corrected chi connectivity index (χ4v) is 6.06. The first-order valence-electron chi connectivity index (χ1n) is 11.9. The van der Waals surface area contributed by atoms with Gasteiger partial charge in [0.05, 0.1) is 16.5 Å². The molecule has 0 radical (unpaired) electrons. The van der Waals surface area contributed by atoms with Gasteiger partial charge in [-0.15, -0.1) is 11.8 Å². The molecule has 5 rings (SSSR count). The van der Waals surface area contributed by atoms with E-state index in [1.54, 1.807) is 42.5 Å². The van der Waals surface area contributed by atoms with Crippen molar-refractivity contribution in [2.45, 2.75) is 54.5 Å². The molecule has 2 bridgehead atoms. The van der Waals surface area contributed by atoms with E-state index in [0.29, 0.717) is 47.0 Å². The van der Waals surface area contributed by atoms with Crippen LogP contribution < -0.4 is 4.74 Å². The molecule has 0 aliphatic carbocycles. The summed E-state index contributed by atoms with van der Waals surface area (Å²) >= 11 is 0.654. The minimum Gasteiger partial charge on any atom is -0.490 e. The zero-order valence-electron chi connectivity index (χ0n) is 19.6. The van der Waals surface area contributed by atoms with Crippen molar-refractivity contribution >= 4 is 17.7 Å². The van der Waals surface area contributed by atoms with Crippen LogP contribution in [0.25, 0.3) is 0 Å². The SMILES string of the molecule is N#Cc1cccc(OC2C[C@H]3CC[C@@H](C2)N3C(=O)c2ccc(CSc3c(F)c(F)cc(F)c3F)cc2)c1. The molecule has 2 fully saturated rings. The van der Waals surface area contributed by atoms with Gasteiger partial charge in [0.1, 0.15) is 11.9 Å². The molecule has 9 heteroatoms. The van der Waals surface area contributed by atoms with Gasteiger partial charge in [0.2, 0.25) is 0 Å². The van der Waals surface area contributed by atoms with Crippen LogP contribution >= 0.6 is 11.8 Å². The van der Waals surface area contributed by atoms with Crippen LogP contribution in [0.2, 0.25) is 0 Å². The predicted octanol–water partition coefficient (Wildman–Crippen LogP) is 6.62. The molecule has 37 heavy (non-hydrogen) atoms. The van der Waals surface area contributed by atoms with Gasteiger partial charge in [-0.05, 0) is 48.7 Å². The van der Waals surface area contributed by atoms with E-state index in [1.165, 1.54) is 0 Å². The fourth-order valence-electron chi connectivity index (χ4n) is 5.11. The maximum Gasteiger partial charge on any atom is 0.254 e. The number of nitriles is 1. The van der Waals surface area contributed by atoms with Crippen molar-refractivity contribution in [2.24, 2.45) is 0 Å². The highest BCUT2D eigenvalue weighted by Crippen LogP contribution is 2.38. The summed E-state index contributed by atoms with van der Waals surface area (Å²) < 4.78 is 60.8. The molecule has 3 atom stereocenters. The van der Waals surface area contributed by atoms with Crippen LogP contribution in [0.15, 0.2) is 59.5 Å². The molecule has 0 spiro atoms. The van der Waals surface area contributed by atoms with E-state index in [9.17, 15) is 22.4 Å². The van der Waals surface area contributed by atoms with Crippen LogP contribution in [-0.2, 0) is 5.75 Å². The Hall–Kier alpha value is -3.51. The molecule has 2 heterocycles. The normalized spacial score (nSPS) is 20.5. The maximum atomic E-state index is 13.9. The lowest BCUT2D eigenvalue weighted by Gasteiger charge is -2.39. The summed E-state index contributed by atoms with van der Waals surface area (Å²) in [6.07, 6.45) is 3.16. The number of ether oxygens (including phenoxy) is 1. The molecule has 4 nitrogen and oxygen atoms in total. The number of piperidine rings is 1. The van der Waals surface area contributed by atoms with Crippen molar-refractivity contribution in [2.75, 3.05) is 0 Å². The summed E-state index contributed by atoms with van der Waals surface area (Å²) in [5.74, 6) is -5.08. The number of nitrogens with zero attached hydrogens (tertiary/aromatic N) is 2. The van der Waals surface area contributed by atoms with Crippen molar-refractivity contribution in [1.29, 1.82) is 5.26 Å². The third-order valence-electron chi connectivity index (χ3n) is 6.85. The summed E-state index contributed by atoms with van der Waals surface area (Å²) in [5.41, 5.74) is 1.69. The van der Waals surface area contributed by atoms with E-state index in [-0.39, 0.29) is 35.9 Å². The average molecular weight is 527 g/mol. The smallest absolute Gasteiger partial charge is 0.254 e. The Morgan fingerprint density at radius 1 is 0.973 bits per heavy atom. The molecule has 2 aliphatic heterocycles. The minimum absolute atomic E-state index is 0.0386. The highest BCUT2D eigenvalue weighted by atomic mass is 32.2. The Morgan fingerprint density at radius 3 is 2.24 bits per heavy atom. The molecular weight excluding hydrogens is 504 g/mol. The van der Waals surface area contributed by atoms with Gasteiger partial charge in [-0.1, -0.05) is 18.2 Å². The Balaban J connectivity index is 1.22. The Kier molecular flexibility index (Phi) is 7.11. The van der Waals surface area contributed by atoms with E-state index in [0.717, 1.165) is 12.8 Å². The van der Waals surface area contributed by atoms with Crippen molar-refractivity contribution < 1.29 is 27.1 Å². The summed E-state index contributed by atoms with van der Waals surface area (Å²) in [7, 11) is 0. The third-order valence-corrected chi connectivity index (χ3v) is 7.97. The average Bonchev–Trinajstić information content (AvgIpc) is 3.17. The standard InChI is InChI=1S/C28H22F4N2O2S/c29-23-13-24(30)26(32)27(25(23)31)37-15-16-4-6-18(7-5-16)28(35)34-19-8-9-20(34)12-22(11-19)36-21-3-1-2-17(10-21)14-33/h1-7,10,13,19-20,22H,8-9,11-12,15H2/t19-,20+,22?. The van der Waals surface area contributed by atoms with Gasteiger partial charge in [-0.25, -0.2) is 17.6 Å². The molecule has 0 saturated carbocycles. The minimum atomic E-state index is -1.44. The monoisotopic (exact) mass is 526 g/mol. The predicted molar refractivity (Wildman–Crippen MR) is 130 cm³/mol. The lowest BCUT2D eigenvalue weighted by Crippen LogP contribution is -2.49. The lowest BCUT2D eigenvalue weighted by atomic mass is 9.98. The molecule has 0 N–H and O–H groups in total. The first kappa shape index (κ1) is 25.2. The van der Waals surface area contributed by atoms with Gasteiger partial charge in [-0.3, -0.25) is 4.79 Å². The van der Waals surface area contributed by atoms with E-state index in [2.05, 4.69) is 6.07 Å². The summed E-state index contributed by atoms with van der Waals surface area (Å²) in [5, 5.41) is 9.10. The number of carbonyl (C=O) groups excluding carboxylic acids is 1. The Labute approximate surface area is 215 Å². The third kappa shape index (κ3) is 5.16. The quantitative estimate of drug-likeness (QED) is 0.206. The first-order valence-corrected chi connectivity index (χ1v) is 12.9. The molecule has 2 aliphatic rings. The van der Waals surface area contributed by atoms with Crippen molar-refractivity contribution in [3.8, 4) is 11.8 Å². The zero-order valence-corrected chi connectivity index (χ0v) is 20.4. The maximum absolute atomic E-state index is 13.9. The van der Waals surface area contributed by atoms with Crippen molar-refractivity contribution in [3.05, 3.63) is 94.6 Å². The number of rotatable bonds is 6. The molecule has 1 amide bonds. The molecule has 1 unspecified atom stereocenters. The molecule has 190 valence electrons. The molecule has 2 saturated heterocycles. The second kappa shape index (κ2) is 10.5. The lowest BCUT2D eigenvalue weighted by molar-refractivity contribution is 0.0359. The number of thioether (sulfide) groups is 1. The van der Waals surface area contributed by atoms with Crippen LogP contribution in [0.1, 0.15) is 47.2 Å². The first-order chi connectivity index (χ1) is 17.8. The van der Waals surface area contributed by atoms with Crippen LogP contribution in [-0.4, -0.2) is 29.0 Å². The topological polar surface area (TPSA) is 53.3 Å². The number of halogens is 4. The summed E-state index contributed by atoms with van der Waals surface area (Å²) in [4.78, 5) is 14.5. The van der Waals surface area contributed by atoms with Gasteiger partial charge in [0.15, 0.2) is 23.3 Å². The second-order valence-corrected chi connectivity index (χ2v) is 10.2. The van der Waals surface area contributed by atoms with Gasteiger partial charge in [0, 0.05) is 42.3 Å². The molecule has 0 aromatic heterocycles. The van der Waals surface area contributed by atoms with Gasteiger partial charge in [-0.2, -0.15) is 5.26 Å². The van der Waals surface area contributed by atoms with Gasteiger partial charge < -0.3 is 9.64 Å². The van der Waals surface area contributed by atoms with Crippen LogP contribution in [0.3, 0.4) is 0 Å². The highest BCUT2D eigenvalue weighted by molar-refractivity contribution is 7.98. The number of hydrogen-bond acceptors (Lipinski definition) is 4. The van der Waals surface area contributed by atoms with Crippen molar-refractivity contribution in [1.82, 2.24) is 4.90 Å². The fraction of sp³-hybridized carbons (Fsp3) is 0.286. The van der Waals surface area contributed by atoms with Crippen LogP contribution in [0, 0.1) is 34.6 Å².